The van der Waals surface area contributed by atoms with E-state index in [1.165, 1.54) is 0 Å². The van der Waals surface area contributed by atoms with Crippen LogP contribution in [0.4, 0.5) is 13.2 Å². The zero-order valence-electron chi connectivity index (χ0n) is 8.92. The van der Waals surface area contributed by atoms with Crippen LogP contribution < -0.4 is 4.74 Å². The number of phenolic OH excluding ortho intramolecular Hbond substituents is 1. The molecule has 2 unspecified atom stereocenters. The molecule has 0 saturated heterocycles. The fourth-order valence-corrected chi connectivity index (χ4v) is 1.28. The summed E-state index contributed by atoms with van der Waals surface area (Å²) >= 11 is 0. The lowest BCUT2D eigenvalue weighted by Crippen LogP contribution is -2.22. The van der Waals surface area contributed by atoms with Gasteiger partial charge in [0.1, 0.15) is 23.7 Å². The Morgan fingerprint density at radius 1 is 1.22 bits per heavy atom. The number of benzene rings is 1. The van der Waals surface area contributed by atoms with Gasteiger partial charge in [-0.1, -0.05) is 0 Å². The molecule has 0 fully saturated rings. The lowest BCUT2D eigenvalue weighted by Gasteiger charge is -2.17. The summed E-state index contributed by atoms with van der Waals surface area (Å²) in [6, 6.07) is 2.48. The normalized spacial score (nSPS) is 15.2. The molecule has 0 heterocycles. The molecule has 0 aliphatic heterocycles. The minimum absolute atomic E-state index is 0.217. The molecule has 2 atom stereocenters. The average molecular weight is 268 g/mol. The van der Waals surface area contributed by atoms with Crippen molar-refractivity contribution in [3.05, 3.63) is 23.8 Å². The predicted molar refractivity (Wildman–Crippen MR) is 52.8 cm³/mol. The summed E-state index contributed by atoms with van der Waals surface area (Å²) in [7, 11) is 0. The van der Waals surface area contributed by atoms with Crippen molar-refractivity contribution in [1.29, 1.82) is 0 Å². The fourth-order valence-electron chi connectivity index (χ4n) is 1.28. The van der Waals surface area contributed by atoms with E-state index in [0.29, 0.717) is 6.07 Å². The van der Waals surface area contributed by atoms with Crippen molar-refractivity contribution in [3.8, 4) is 11.5 Å². The Bertz CT molecular complexity index is 407. The van der Waals surface area contributed by atoms with Gasteiger partial charge < -0.3 is 25.2 Å². The zero-order chi connectivity index (χ0) is 13.9. The third-order valence-corrected chi connectivity index (χ3v) is 2.11. The van der Waals surface area contributed by atoms with Gasteiger partial charge in [0.05, 0.1) is 6.61 Å². The molecule has 8 heteroatoms. The highest BCUT2D eigenvalue weighted by Crippen LogP contribution is 2.32. The third-order valence-electron chi connectivity index (χ3n) is 2.11. The van der Waals surface area contributed by atoms with E-state index in [1.54, 1.807) is 0 Å². The first kappa shape index (κ1) is 14.6. The van der Waals surface area contributed by atoms with E-state index in [2.05, 4.69) is 4.74 Å². The second-order valence-corrected chi connectivity index (χ2v) is 3.46. The lowest BCUT2D eigenvalue weighted by molar-refractivity contribution is -0.274. The standard InChI is InChI=1S/C10H11F3O5/c11-10(12,13)18-5-1-2-6(7(15)3-5)9(17)8(16)4-14/h1-3,8-9,14-17H,4H2. The van der Waals surface area contributed by atoms with Gasteiger partial charge >= 0.3 is 6.36 Å². The average Bonchev–Trinajstić information content (AvgIpc) is 2.25. The molecular weight excluding hydrogens is 257 g/mol. The maximum Gasteiger partial charge on any atom is 0.573 e. The van der Waals surface area contributed by atoms with Crippen LogP contribution >= 0.6 is 0 Å². The van der Waals surface area contributed by atoms with Gasteiger partial charge in [-0.05, 0) is 12.1 Å². The molecule has 0 saturated carbocycles. The van der Waals surface area contributed by atoms with E-state index in [-0.39, 0.29) is 5.56 Å². The Morgan fingerprint density at radius 3 is 2.28 bits per heavy atom. The van der Waals surface area contributed by atoms with Crippen LogP contribution in [0.2, 0.25) is 0 Å². The summed E-state index contributed by atoms with van der Waals surface area (Å²) < 4.78 is 39.2. The van der Waals surface area contributed by atoms with Crippen molar-refractivity contribution in [1.82, 2.24) is 0 Å². The molecule has 0 bridgehead atoms. The van der Waals surface area contributed by atoms with E-state index in [9.17, 15) is 23.4 Å². The number of aliphatic hydroxyl groups is 3. The van der Waals surface area contributed by atoms with Crippen LogP contribution in [0.15, 0.2) is 18.2 Å². The number of rotatable bonds is 4. The zero-order valence-corrected chi connectivity index (χ0v) is 8.92. The number of hydrogen-bond acceptors (Lipinski definition) is 5. The van der Waals surface area contributed by atoms with Crippen molar-refractivity contribution < 1.29 is 38.3 Å². The molecule has 0 amide bonds. The van der Waals surface area contributed by atoms with Gasteiger partial charge in [0.15, 0.2) is 0 Å². The van der Waals surface area contributed by atoms with Crippen LogP contribution in [0.5, 0.6) is 11.5 Å². The Balaban J connectivity index is 2.92. The summed E-state index contributed by atoms with van der Waals surface area (Å²) in [5.41, 5.74) is -0.217. The first-order valence-corrected chi connectivity index (χ1v) is 4.80. The third kappa shape index (κ3) is 3.76. The highest BCUT2D eigenvalue weighted by molar-refractivity contribution is 5.41. The summed E-state index contributed by atoms with van der Waals surface area (Å²) in [4.78, 5) is 0. The van der Waals surface area contributed by atoms with Crippen molar-refractivity contribution in [2.24, 2.45) is 0 Å². The van der Waals surface area contributed by atoms with E-state index < -0.39 is 36.7 Å². The van der Waals surface area contributed by atoms with E-state index in [4.69, 9.17) is 10.2 Å². The molecule has 5 nitrogen and oxygen atoms in total. The van der Waals surface area contributed by atoms with Crippen molar-refractivity contribution in [2.75, 3.05) is 6.61 Å². The highest BCUT2D eigenvalue weighted by atomic mass is 19.4. The van der Waals surface area contributed by atoms with Crippen LogP contribution in [0.3, 0.4) is 0 Å². The van der Waals surface area contributed by atoms with Gasteiger partial charge in [-0.2, -0.15) is 0 Å². The van der Waals surface area contributed by atoms with Crippen molar-refractivity contribution in [2.45, 2.75) is 18.6 Å². The molecule has 102 valence electrons. The first-order valence-electron chi connectivity index (χ1n) is 4.80. The highest BCUT2D eigenvalue weighted by Gasteiger charge is 2.31. The smallest absolute Gasteiger partial charge is 0.507 e. The molecular formula is C10H11F3O5. The van der Waals surface area contributed by atoms with Crippen LogP contribution in [-0.4, -0.2) is 39.5 Å². The van der Waals surface area contributed by atoms with Crippen LogP contribution in [0, 0.1) is 0 Å². The van der Waals surface area contributed by atoms with Crippen molar-refractivity contribution in [3.63, 3.8) is 0 Å². The summed E-state index contributed by atoms with van der Waals surface area (Å²) in [5.74, 6) is -1.34. The minimum Gasteiger partial charge on any atom is -0.507 e. The number of ether oxygens (including phenoxy) is 1. The van der Waals surface area contributed by atoms with Gasteiger partial charge in [-0.3, -0.25) is 0 Å². The Hall–Kier alpha value is -1.51. The number of halogens is 3. The van der Waals surface area contributed by atoms with Crippen LogP contribution in [0.1, 0.15) is 11.7 Å². The first-order chi connectivity index (χ1) is 8.24. The second kappa shape index (κ2) is 5.42. The molecule has 4 N–H and O–H groups in total. The maximum absolute atomic E-state index is 11.9. The molecule has 1 aromatic carbocycles. The SMILES string of the molecule is OCC(O)C(O)c1ccc(OC(F)(F)F)cc1O. The molecule has 0 spiro atoms. The molecule has 0 radical (unpaired) electrons. The number of alkyl halides is 3. The number of phenols is 1. The largest absolute Gasteiger partial charge is 0.573 e. The Kier molecular flexibility index (Phi) is 4.38. The molecule has 0 aliphatic rings. The van der Waals surface area contributed by atoms with E-state index in [1.807, 2.05) is 0 Å². The van der Waals surface area contributed by atoms with Gasteiger partial charge in [-0.25, -0.2) is 0 Å². The number of hydrogen-bond donors (Lipinski definition) is 4. The van der Waals surface area contributed by atoms with Gasteiger partial charge in [0, 0.05) is 11.6 Å². The Labute approximate surface area is 99.7 Å². The summed E-state index contributed by atoms with van der Waals surface area (Å²) in [5, 5.41) is 36.6. The molecule has 0 aromatic heterocycles. The van der Waals surface area contributed by atoms with Gasteiger partial charge in [-0.15, -0.1) is 13.2 Å². The second-order valence-electron chi connectivity index (χ2n) is 3.46. The van der Waals surface area contributed by atoms with Gasteiger partial charge in [0.25, 0.3) is 0 Å². The Morgan fingerprint density at radius 2 is 1.83 bits per heavy atom. The maximum atomic E-state index is 11.9. The predicted octanol–water partition coefficient (Wildman–Crippen LogP) is 0.677. The van der Waals surface area contributed by atoms with E-state index in [0.717, 1.165) is 12.1 Å². The number of aromatic hydroxyl groups is 1. The van der Waals surface area contributed by atoms with Crippen LogP contribution in [-0.2, 0) is 0 Å². The monoisotopic (exact) mass is 268 g/mol. The van der Waals surface area contributed by atoms with Gasteiger partial charge in [0.2, 0.25) is 0 Å². The molecule has 1 rings (SSSR count). The fraction of sp³-hybridized carbons (Fsp3) is 0.400. The topological polar surface area (TPSA) is 90.2 Å². The molecule has 0 aliphatic carbocycles. The number of aliphatic hydroxyl groups excluding tert-OH is 3. The minimum atomic E-state index is -4.89. The summed E-state index contributed by atoms with van der Waals surface area (Å²) in [6.45, 7) is -0.762. The van der Waals surface area contributed by atoms with Crippen LogP contribution in [0.25, 0.3) is 0 Å². The quantitative estimate of drug-likeness (QED) is 0.644. The van der Waals surface area contributed by atoms with Crippen molar-refractivity contribution >= 4 is 0 Å². The lowest BCUT2D eigenvalue weighted by atomic mass is 10.0. The summed E-state index contributed by atoms with van der Waals surface area (Å²) in [6.07, 6.45) is -8.06. The molecule has 1 aromatic rings. The van der Waals surface area contributed by atoms with E-state index >= 15 is 0 Å². The molecule has 18 heavy (non-hydrogen) atoms.